The van der Waals surface area contributed by atoms with Crippen LogP contribution in [0.5, 0.6) is 5.75 Å². The standard InChI is InChI=1S/C13H18O3/c1-2-3-4-5-7-10-8-6-9-11(14)12(10)13(15)16/h6,8-9,14H,2-5,7H2,1H3,(H,15,16). The fourth-order valence-electron chi connectivity index (χ4n) is 1.78. The van der Waals surface area contributed by atoms with E-state index in [1.54, 1.807) is 12.1 Å². The number of carboxylic acid groups (broad SMARTS) is 1. The van der Waals surface area contributed by atoms with Gasteiger partial charge < -0.3 is 10.2 Å². The lowest BCUT2D eigenvalue weighted by Gasteiger charge is -2.07. The lowest BCUT2D eigenvalue weighted by Crippen LogP contribution is -2.03. The van der Waals surface area contributed by atoms with E-state index in [9.17, 15) is 9.90 Å². The summed E-state index contributed by atoms with van der Waals surface area (Å²) in [4.78, 5) is 11.0. The van der Waals surface area contributed by atoms with Crippen molar-refractivity contribution in [2.75, 3.05) is 0 Å². The summed E-state index contributed by atoms with van der Waals surface area (Å²) < 4.78 is 0. The Hall–Kier alpha value is -1.51. The molecule has 0 fully saturated rings. The first-order valence-corrected chi connectivity index (χ1v) is 5.71. The second kappa shape index (κ2) is 6.16. The predicted octanol–water partition coefficient (Wildman–Crippen LogP) is 3.21. The lowest BCUT2D eigenvalue weighted by molar-refractivity contribution is 0.0692. The molecular weight excluding hydrogens is 204 g/mol. The van der Waals surface area contributed by atoms with Gasteiger partial charge >= 0.3 is 5.97 Å². The largest absolute Gasteiger partial charge is 0.507 e. The number of carboxylic acids is 1. The summed E-state index contributed by atoms with van der Waals surface area (Å²) in [5, 5.41) is 18.5. The molecule has 3 heteroatoms. The molecule has 0 unspecified atom stereocenters. The molecule has 0 atom stereocenters. The second-order valence-electron chi connectivity index (χ2n) is 3.93. The number of aromatic hydroxyl groups is 1. The minimum atomic E-state index is -1.05. The Bertz CT molecular complexity index is 358. The topological polar surface area (TPSA) is 57.5 Å². The van der Waals surface area contributed by atoms with Crippen LogP contribution in [0.25, 0.3) is 0 Å². The Kier molecular flexibility index (Phi) is 4.83. The van der Waals surface area contributed by atoms with Crippen LogP contribution in [0.4, 0.5) is 0 Å². The molecule has 0 radical (unpaired) electrons. The van der Waals surface area contributed by atoms with Gasteiger partial charge in [0.15, 0.2) is 0 Å². The smallest absolute Gasteiger partial charge is 0.339 e. The molecule has 0 bridgehead atoms. The molecule has 0 saturated heterocycles. The summed E-state index contributed by atoms with van der Waals surface area (Å²) in [6, 6.07) is 4.88. The molecule has 1 aromatic carbocycles. The molecule has 0 amide bonds. The first kappa shape index (κ1) is 12.6. The van der Waals surface area contributed by atoms with Gasteiger partial charge in [0, 0.05) is 0 Å². The Morgan fingerprint density at radius 3 is 2.62 bits per heavy atom. The van der Waals surface area contributed by atoms with Crippen LogP contribution in [0, 0.1) is 0 Å². The fourth-order valence-corrected chi connectivity index (χ4v) is 1.78. The normalized spacial score (nSPS) is 10.3. The van der Waals surface area contributed by atoms with Crippen LogP contribution >= 0.6 is 0 Å². The van der Waals surface area contributed by atoms with Gasteiger partial charge in [-0.1, -0.05) is 38.3 Å². The third kappa shape index (κ3) is 3.26. The van der Waals surface area contributed by atoms with Gasteiger partial charge in [-0.2, -0.15) is 0 Å². The number of rotatable bonds is 6. The zero-order valence-electron chi connectivity index (χ0n) is 9.57. The molecular formula is C13H18O3. The van der Waals surface area contributed by atoms with E-state index in [0.29, 0.717) is 0 Å². The van der Waals surface area contributed by atoms with E-state index < -0.39 is 5.97 Å². The summed E-state index contributed by atoms with van der Waals surface area (Å²) in [5.41, 5.74) is 0.780. The molecule has 0 aliphatic rings. The summed E-state index contributed by atoms with van der Waals surface area (Å²) in [7, 11) is 0. The summed E-state index contributed by atoms with van der Waals surface area (Å²) in [5.74, 6) is -1.19. The van der Waals surface area contributed by atoms with Gasteiger partial charge in [-0.3, -0.25) is 0 Å². The first-order valence-electron chi connectivity index (χ1n) is 5.71. The third-order valence-corrected chi connectivity index (χ3v) is 2.64. The Morgan fingerprint density at radius 1 is 1.25 bits per heavy atom. The van der Waals surface area contributed by atoms with Crippen molar-refractivity contribution in [2.45, 2.75) is 39.0 Å². The molecule has 0 aliphatic carbocycles. The molecule has 16 heavy (non-hydrogen) atoms. The van der Waals surface area contributed by atoms with Crippen LogP contribution in [0.1, 0.15) is 48.5 Å². The molecule has 0 aliphatic heterocycles. The van der Waals surface area contributed by atoms with Crippen molar-refractivity contribution >= 4 is 5.97 Å². The van der Waals surface area contributed by atoms with E-state index in [-0.39, 0.29) is 11.3 Å². The molecule has 0 heterocycles. The number of phenols is 1. The number of hydrogen-bond acceptors (Lipinski definition) is 2. The van der Waals surface area contributed by atoms with Gasteiger partial charge in [-0.05, 0) is 24.5 Å². The maximum atomic E-state index is 11.0. The van der Waals surface area contributed by atoms with Gasteiger partial charge in [-0.15, -0.1) is 0 Å². The number of carbonyl (C=O) groups is 1. The quantitative estimate of drug-likeness (QED) is 0.726. The zero-order chi connectivity index (χ0) is 12.0. The number of hydrogen-bond donors (Lipinski definition) is 2. The SMILES string of the molecule is CCCCCCc1cccc(O)c1C(=O)O. The van der Waals surface area contributed by atoms with Crippen molar-refractivity contribution in [3.05, 3.63) is 29.3 Å². The number of unbranched alkanes of at least 4 members (excludes halogenated alkanes) is 3. The average molecular weight is 222 g/mol. The van der Waals surface area contributed by atoms with E-state index >= 15 is 0 Å². The van der Waals surface area contributed by atoms with Crippen molar-refractivity contribution in [1.29, 1.82) is 0 Å². The molecule has 0 saturated carbocycles. The van der Waals surface area contributed by atoms with E-state index in [1.807, 2.05) is 0 Å². The van der Waals surface area contributed by atoms with Gasteiger partial charge in [0.1, 0.15) is 11.3 Å². The van der Waals surface area contributed by atoms with Crippen molar-refractivity contribution in [1.82, 2.24) is 0 Å². The number of aromatic carboxylic acids is 1. The van der Waals surface area contributed by atoms with Crippen LogP contribution in [0.3, 0.4) is 0 Å². The predicted molar refractivity (Wildman–Crippen MR) is 62.9 cm³/mol. The molecule has 1 rings (SSSR count). The van der Waals surface area contributed by atoms with Crippen molar-refractivity contribution in [3.8, 4) is 5.75 Å². The second-order valence-corrected chi connectivity index (χ2v) is 3.93. The van der Waals surface area contributed by atoms with E-state index in [2.05, 4.69) is 6.92 Å². The molecule has 1 aromatic rings. The highest BCUT2D eigenvalue weighted by molar-refractivity contribution is 5.92. The highest BCUT2D eigenvalue weighted by Gasteiger charge is 2.14. The van der Waals surface area contributed by atoms with E-state index in [4.69, 9.17) is 5.11 Å². The Balaban J connectivity index is 2.71. The fraction of sp³-hybridized carbons (Fsp3) is 0.462. The highest BCUT2D eigenvalue weighted by atomic mass is 16.4. The Labute approximate surface area is 95.7 Å². The molecule has 0 aromatic heterocycles. The number of aryl methyl sites for hydroxylation is 1. The first-order chi connectivity index (χ1) is 7.66. The highest BCUT2D eigenvalue weighted by Crippen LogP contribution is 2.22. The maximum Gasteiger partial charge on any atom is 0.339 e. The minimum absolute atomic E-state index is 0.0546. The average Bonchev–Trinajstić information content (AvgIpc) is 2.24. The van der Waals surface area contributed by atoms with Gasteiger partial charge in [-0.25, -0.2) is 4.79 Å². The lowest BCUT2D eigenvalue weighted by atomic mass is 10.00. The maximum absolute atomic E-state index is 11.0. The van der Waals surface area contributed by atoms with Gasteiger partial charge in [0.05, 0.1) is 0 Å². The zero-order valence-corrected chi connectivity index (χ0v) is 9.57. The van der Waals surface area contributed by atoms with Crippen LogP contribution < -0.4 is 0 Å². The summed E-state index contributed by atoms with van der Waals surface area (Å²) in [6.07, 6.45) is 5.12. The molecule has 2 N–H and O–H groups in total. The van der Waals surface area contributed by atoms with E-state index in [1.165, 1.54) is 12.5 Å². The molecule has 0 spiro atoms. The number of benzene rings is 1. The van der Waals surface area contributed by atoms with Gasteiger partial charge in [0.2, 0.25) is 0 Å². The van der Waals surface area contributed by atoms with Gasteiger partial charge in [0.25, 0.3) is 0 Å². The van der Waals surface area contributed by atoms with Crippen molar-refractivity contribution in [2.24, 2.45) is 0 Å². The van der Waals surface area contributed by atoms with Crippen LogP contribution in [-0.4, -0.2) is 16.2 Å². The van der Waals surface area contributed by atoms with Crippen molar-refractivity contribution in [3.63, 3.8) is 0 Å². The van der Waals surface area contributed by atoms with Crippen LogP contribution in [0.15, 0.2) is 18.2 Å². The van der Waals surface area contributed by atoms with Crippen LogP contribution in [0.2, 0.25) is 0 Å². The molecule has 3 nitrogen and oxygen atoms in total. The minimum Gasteiger partial charge on any atom is -0.507 e. The molecule has 88 valence electrons. The third-order valence-electron chi connectivity index (χ3n) is 2.64. The Morgan fingerprint density at radius 2 is 2.00 bits per heavy atom. The summed E-state index contributed by atoms with van der Waals surface area (Å²) >= 11 is 0. The van der Waals surface area contributed by atoms with E-state index in [0.717, 1.165) is 31.2 Å². The monoisotopic (exact) mass is 222 g/mol. The van der Waals surface area contributed by atoms with Crippen molar-refractivity contribution < 1.29 is 15.0 Å². The summed E-state index contributed by atoms with van der Waals surface area (Å²) in [6.45, 7) is 2.14. The van der Waals surface area contributed by atoms with Crippen LogP contribution in [-0.2, 0) is 6.42 Å².